The molecular formula is C23H26N4O3S. The van der Waals surface area contributed by atoms with E-state index in [9.17, 15) is 9.59 Å². The van der Waals surface area contributed by atoms with E-state index in [0.29, 0.717) is 23.0 Å². The molecule has 0 spiro atoms. The van der Waals surface area contributed by atoms with Gasteiger partial charge in [0.15, 0.2) is 11.0 Å². The lowest BCUT2D eigenvalue weighted by Gasteiger charge is -2.07. The highest BCUT2D eigenvalue weighted by Crippen LogP contribution is 2.23. The molecule has 0 fully saturated rings. The van der Waals surface area contributed by atoms with Crippen molar-refractivity contribution in [2.45, 2.75) is 31.8 Å². The Morgan fingerprint density at radius 2 is 1.90 bits per heavy atom. The average Bonchev–Trinajstić information content (AvgIpc) is 3.13. The van der Waals surface area contributed by atoms with E-state index in [1.807, 2.05) is 43.7 Å². The second-order valence-electron chi connectivity index (χ2n) is 7.14. The van der Waals surface area contributed by atoms with Gasteiger partial charge < -0.3 is 14.6 Å². The van der Waals surface area contributed by atoms with Crippen LogP contribution in [0.4, 0.5) is 5.69 Å². The van der Waals surface area contributed by atoms with E-state index in [1.165, 1.54) is 11.8 Å². The van der Waals surface area contributed by atoms with E-state index in [1.54, 1.807) is 24.3 Å². The van der Waals surface area contributed by atoms with Crippen LogP contribution in [0.3, 0.4) is 0 Å². The van der Waals surface area contributed by atoms with Crippen LogP contribution in [0.2, 0.25) is 0 Å². The van der Waals surface area contributed by atoms with Crippen LogP contribution in [0.25, 0.3) is 11.4 Å². The number of nitrogens with one attached hydrogen (secondary N) is 1. The first kappa shape index (κ1) is 22.6. The van der Waals surface area contributed by atoms with Crippen LogP contribution in [-0.2, 0) is 16.6 Å². The summed E-state index contributed by atoms with van der Waals surface area (Å²) in [5, 5.41) is 12.0. The average molecular weight is 439 g/mol. The van der Waals surface area contributed by atoms with Gasteiger partial charge in [0.1, 0.15) is 0 Å². The summed E-state index contributed by atoms with van der Waals surface area (Å²) in [6.45, 7) is 4.48. The van der Waals surface area contributed by atoms with Gasteiger partial charge in [0.2, 0.25) is 5.91 Å². The maximum Gasteiger partial charge on any atom is 0.338 e. The first-order valence-electron chi connectivity index (χ1n) is 10.1. The van der Waals surface area contributed by atoms with E-state index in [4.69, 9.17) is 4.74 Å². The number of carbonyl (C=O) groups is 2. The molecule has 0 bridgehead atoms. The molecule has 0 aliphatic heterocycles. The van der Waals surface area contributed by atoms with Gasteiger partial charge in [-0.05, 0) is 43.7 Å². The van der Waals surface area contributed by atoms with Crippen molar-refractivity contribution in [3.8, 4) is 11.4 Å². The molecule has 3 aromatic rings. The Hall–Kier alpha value is -3.13. The number of anilines is 1. The second-order valence-corrected chi connectivity index (χ2v) is 8.08. The predicted molar refractivity (Wildman–Crippen MR) is 122 cm³/mol. The predicted octanol–water partition coefficient (Wildman–Crippen LogP) is 4.48. The van der Waals surface area contributed by atoms with Crippen LogP contribution >= 0.6 is 11.8 Å². The molecule has 3 rings (SSSR count). The minimum Gasteiger partial charge on any atom is -0.462 e. The monoisotopic (exact) mass is 438 g/mol. The number of nitrogens with zero attached hydrogens (tertiary/aromatic N) is 3. The molecule has 1 amide bonds. The zero-order valence-electron chi connectivity index (χ0n) is 17.9. The Balaban J connectivity index is 1.53. The third-order valence-corrected chi connectivity index (χ3v) is 5.60. The Morgan fingerprint density at radius 3 is 2.61 bits per heavy atom. The Labute approximate surface area is 186 Å². The number of amides is 1. The number of hydrogen-bond donors (Lipinski definition) is 1. The third kappa shape index (κ3) is 6.18. The molecule has 0 saturated heterocycles. The molecule has 1 aromatic heterocycles. The molecule has 0 aliphatic rings. The largest absolute Gasteiger partial charge is 0.462 e. The van der Waals surface area contributed by atoms with Crippen molar-refractivity contribution in [2.75, 3.05) is 17.7 Å². The van der Waals surface area contributed by atoms with Crippen LogP contribution in [0.5, 0.6) is 0 Å². The van der Waals surface area contributed by atoms with E-state index >= 15 is 0 Å². The number of benzene rings is 2. The van der Waals surface area contributed by atoms with Crippen LogP contribution in [0, 0.1) is 6.92 Å². The summed E-state index contributed by atoms with van der Waals surface area (Å²) in [7, 11) is 1.89. The number of thioether (sulfide) groups is 1. The molecule has 0 aliphatic carbocycles. The number of rotatable bonds is 9. The third-order valence-electron chi connectivity index (χ3n) is 4.58. The van der Waals surface area contributed by atoms with Gasteiger partial charge >= 0.3 is 5.97 Å². The van der Waals surface area contributed by atoms with E-state index in [-0.39, 0.29) is 17.6 Å². The highest BCUT2D eigenvalue weighted by atomic mass is 32.2. The highest BCUT2D eigenvalue weighted by Gasteiger charge is 2.13. The van der Waals surface area contributed by atoms with E-state index < -0.39 is 0 Å². The van der Waals surface area contributed by atoms with Gasteiger partial charge in [0.25, 0.3) is 0 Å². The maximum absolute atomic E-state index is 12.3. The molecule has 0 unspecified atom stereocenters. The summed E-state index contributed by atoms with van der Waals surface area (Å²) in [5.74, 6) is 0.436. The molecule has 0 radical (unpaired) electrons. The van der Waals surface area contributed by atoms with Gasteiger partial charge in [0.05, 0.1) is 17.9 Å². The fourth-order valence-electron chi connectivity index (χ4n) is 2.89. The number of ether oxygens (including phenoxy) is 1. The molecule has 162 valence electrons. The van der Waals surface area contributed by atoms with Gasteiger partial charge in [-0.25, -0.2) is 4.79 Å². The molecule has 8 heteroatoms. The van der Waals surface area contributed by atoms with Crippen molar-refractivity contribution in [2.24, 2.45) is 7.05 Å². The minimum absolute atomic E-state index is 0.164. The Morgan fingerprint density at radius 1 is 1.13 bits per heavy atom. The molecule has 1 heterocycles. The maximum atomic E-state index is 12.3. The molecule has 31 heavy (non-hydrogen) atoms. The van der Waals surface area contributed by atoms with Crippen molar-refractivity contribution in [1.29, 1.82) is 0 Å². The number of esters is 1. The molecule has 7 nitrogen and oxygen atoms in total. The summed E-state index contributed by atoms with van der Waals surface area (Å²) in [6, 6.07) is 14.7. The van der Waals surface area contributed by atoms with Gasteiger partial charge in [-0.1, -0.05) is 48.9 Å². The van der Waals surface area contributed by atoms with Crippen molar-refractivity contribution in [3.63, 3.8) is 0 Å². The van der Waals surface area contributed by atoms with Crippen LogP contribution in [0.1, 0.15) is 35.7 Å². The Kier molecular flexibility index (Phi) is 7.83. The van der Waals surface area contributed by atoms with Gasteiger partial charge in [-0.2, -0.15) is 0 Å². The van der Waals surface area contributed by atoms with Crippen molar-refractivity contribution < 1.29 is 14.3 Å². The van der Waals surface area contributed by atoms with Gasteiger partial charge in [-0.3, -0.25) is 4.79 Å². The van der Waals surface area contributed by atoms with Gasteiger partial charge in [-0.15, -0.1) is 10.2 Å². The second kappa shape index (κ2) is 10.8. The molecule has 0 atom stereocenters. The fourth-order valence-corrected chi connectivity index (χ4v) is 3.60. The summed E-state index contributed by atoms with van der Waals surface area (Å²) >= 11 is 1.32. The number of unbranched alkanes of at least 4 members (excludes halogenated alkanes) is 1. The number of carbonyl (C=O) groups excluding carboxylic acids is 2. The summed E-state index contributed by atoms with van der Waals surface area (Å²) < 4.78 is 7.06. The van der Waals surface area contributed by atoms with Crippen LogP contribution in [0.15, 0.2) is 53.7 Å². The lowest BCUT2D eigenvalue weighted by atomic mass is 10.1. The lowest BCUT2D eigenvalue weighted by molar-refractivity contribution is -0.113. The topological polar surface area (TPSA) is 86.1 Å². The normalized spacial score (nSPS) is 10.7. The SMILES string of the molecule is CCCCOC(=O)c1ccc(NC(=O)CSc2nnc(-c3cccc(C)c3)n2C)cc1. The fraction of sp³-hybridized carbons (Fsp3) is 0.304. The van der Waals surface area contributed by atoms with Gasteiger partial charge in [0, 0.05) is 18.3 Å². The number of aryl methyl sites for hydroxylation is 1. The van der Waals surface area contributed by atoms with Crippen molar-refractivity contribution in [3.05, 3.63) is 59.7 Å². The van der Waals surface area contributed by atoms with Crippen molar-refractivity contribution >= 4 is 29.3 Å². The van der Waals surface area contributed by atoms with Crippen LogP contribution in [-0.4, -0.2) is 39.0 Å². The van der Waals surface area contributed by atoms with E-state index in [0.717, 1.165) is 29.8 Å². The Bertz CT molecular complexity index is 1050. The summed E-state index contributed by atoms with van der Waals surface area (Å²) in [6.07, 6.45) is 1.81. The summed E-state index contributed by atoms with van der Waals surface area (Å²) in [4.78, 5) is 24.3. The molecule has 1 N–H and O–H groups in total. The molecule has 2 aromatic carbocycles. The first-order chi connectivity index (χ1) is 15.0. The zero-order valence-corrected chi connectivity index (χ0v) is 18.7. The lowest BCUT2D eigenvalue weighted by Crippen LogP contribution is -2.14. The van der Waals surface area contributed by atoms with E-state index in [2.05, 4.69) is 21.6 Å². The first-order valence-corrected chi connectivity index (χ1v) is 11.1. The number of hydrogen-bond acceptors (Lipinski definition) is 6. The van der Waals surface area contributed by atoms with Crippen molar-refractivity contribution in [1.82, 2.24) is 14.8 Å². The molecule has 0 saturated carbocycles. The highest BCUT2D eigenvalue weighted by molar-refractivity contribution is 7.99. The molecular weight excluding hydrogens is 412 g/mol. The number of aromatic nitrogens is 3. The van der Waals surface area contributed by atoms with Crippen LogP contribution < -0.4 is 5.32 Å². The standard InChI is InChI=1S/C23H26N4O3S/c1-4-5-13-30-22(29)17-9-11-19(12-10-17)24-20(28)15-31-23-26-25-21(27(23)3)18-8-6-7-16(2)14-18/h6-12,14H,4-5,13,15H2,1-3H3,(H,24,28). The zero-order chi connectivity index (χ0) is 22.2. The summed E-state index contributed by atoms with van der Waals surface area (Å²) in [5.41, 5.74) is 3.22. The quantitative estimate of drug-likeness (QED) is 0.301. The minimum atomic E-state index is -0.353. The smallest absolute Gasteiger partial charge is 0.338 e.